The van der Waals surface area contributed by atoms with Crippen LogP contribution in [0.1, 0.15) is 16.6 Å². The van der Waals surface area contributed by atoms with Crippen molar-refractivity contribution in [1.29, 1.82) is 0 Å². The minimum atomic E-state index is -0.508. The lowest BCUT2D eigenvalue weighted by Gasteiger charge is -2.17. The molecule has 1 atom stereocenters. The topological polar surface area (TPSA) is 63.5 Å². The molecule has 1 heterocycles. The first kappa shape index (κ1) is 12.9. The third-order valence-corrected chi connectivity index (χ3v) is 3.02. The predicted molar refractivity (Wildman–Crippen MR) is 63.2 cm³/mol. The highest BCUT2D eigenvalue weighted by Crippen LogP contribution is 2.24. The first-order valence-corrected chi connectivity index (χ1v) is 5.81. The fraction of sp³-hybridized carbons (Fsp3) is 0.444. The van der Waals surface area contributed by atoms with E-state index in [0.717, 1.165) is 11.3 Å². The van der Waals surface area contributed by atoms with Gasteiger partial charge < -0.3 is 4.90 Å². The van der Waals surface area contributed by atoms with Crippen LogP contribution in [0, 0.1) is 10.1 Å². The molecule has 0 spiro atoms. The number of halogens is 1. The maximum absolute atomic E-state index is 11.8. The molecular formula is C9H11ClN2O3S. The van der Waals surface area contributed by atoms with Gasteiger partial charge in [-0.2, -0.15) is 0 Å². The summed E-state index contributed by atoms with van der Waals surface area (Å²) in [4.78, 5) is 23.5. The molecule has 5 nitrogen and oxygen atoms in total. The van der Waals surface area contributed by atoms with Gasteiger partial charge in [0, 0.05) is 25.0 Å². The second kappa shape index (κ2) is 5.27. The summed E-state index contributed by atoms with van der Waals surface area (Å²) < 4.78 is 0. The molecule has 7 heteroatoms. The van der Waals surface area contributed by atoms with Crippen molar-refractivity contribution < 1.29 is 9.72 Å². The molecule has 1 aromatic heterocycles. The molecule has 88 valence electrons. The van der Waals surface area contributed by atoms with Gasteiger partial charge in [-0.05, 0) is 13.0 Å². The summed E-state index contributed by atoms with van der Waals surface area (Å²) in [6.45, 7) is 2.19. The number of hydrogen-bond acceptors (Lipinski definition) is 4. The molecule has 0 fully saturated rings. The number of carbonyl (C=O) groups excluding carboxylic acids is 1. The smallest absolute Gasteiger partial charge is 0.324 e. The number of nitrogens with zero attached hydrogens (tertiary/aromatic N) is 2. The van der Waals surface area contributed by atoms with Crippen molar-refractivity contribution in [1.82, 2.24) is 4.90 Å². The number of amides is 1. The van der Waals surface area contributed by atoms with Crippen molar-refractivity contribution in [2.45, 2.75) is 12.3 Å². The van der Waals surface area contributed by atoms with E-state index in [2.05, 4.69) is 0 Å². The molecule has 1 amide bonds. The molecule has 0 aliphatic carbocycles. The van der Waals surface area contributed by atoms with Gasteiger partial charge in [-0.15, -0.1) is 11.6 Å². The van der Waals surface area contributed by atoms with Crippen LogP contribution in [-0.2, 0) is 0 Å². The van der Waals surface area contributed by atoms with Crippen LogP contribution < -0.4 is 0 Å². The van der Waals surface area contributed by atoms with Crippen molar-refractivity contribution in [3.05, 3.63) is 27.1 Å². The van der Waals surface area contributed by atoms with Crippen LogP contribution in [0.3, 0.4) is 0 Å². The third-order valence-electron chi connectivity index (χ3n) is 1.85. The van der Waals surface area contributed by atoms with Crippen molar-refractivity contribution >= 4 is 33.8 Å². The van der Waals surface area contributed by atoms with Gasteiger partial charge in [0.05, 0.1) is 9.80 Å². The third kappa shape index (κ3) is 3.18. The molecule has 0 N–H and O–H groups in total. The molecule has 1 unspecified atom stereocenters. The Morgan fingerprint density at radius 3 is 2.75 bits per heavy atom. The van der Waals surface area contributed by atoms with Gasteiger partial charge in [-0.25, -0.2) is 0 Å². The Balaban J connectivity index is 2.76. The molecule has 0 bridgehead atoms. The summed E-state index contributed by atoms with van der Waals surface area (Å²) in [5.74, 6) is -0.245. The van der Waals surface area contributed by atoms with Crippen LogP contribution in [0.5, 0.6) is 0 Å². The molecule has 0 radical (unpaired) electrons. The highest BCUT2D eigenvalue weighted by atomic mass is 35.5. The highest BCUT2D eigenvalue weighted by Gasteiger charge is 2.18. The number of alkyl halides is 1. The molecule has 0 aliphatic rings. The van der Waals surface area contributed by atoms with E-state index in [1.54, 1.807) is 14.0 Å². The molecular weight excluding hydrogens is 252 g/mol. The second-order valence-electron chi connectivity index (χ2n) is 3.36. The summed E-state index contributed by atoms with van der Waals surface area (Å²) in [5, 5.41) is 10.3. The van der Waals surface area contributed by atoms with Crippen LogP contribution in [-0.4, -0.2) is 34.7 Å². The summed E-state index contributed by atoms with van der Waals surface area (Å²) >= 11 is 6.63. The first-order chi connectivity index (χ1) is 7.41. The molecule has 0 saturated heterocycles. The molecule has 1 rings (SSSR count). The molecule has 1 aromatic rings. The minimum Gasteiger partial charge on any atom is -0.340 e. The van der Waals surface area contributed by atoms with E-state index in [0.29, 0.717) is 11.4 Å². The lowest BCUT2D eigenvalue weighted by atomic mass is 10.3. The van der Waals surface area contributed by atoms with E-state index in [4.69, 9.17) is 11.6 Å². The monoisotopic (exact) mass is 262 g/mol. The number of nitro groups is 1. The van der Waals surface area contributed by atoms with Gasteiger partial charge in [0.25, 0.3) is 5.91 Å². The lowest BCUT2D eigenvalue weighted by Crippen LogP contribution is -2.30. The Kier molecular flexibility index (Phi) is 4.26. The minimum absolute atomic E-state index is 0.0318. The lowest BCUT2D eigenvalue weighted by molar-refractivity contribution is -0.380. The number of hydrogen-bond donors (Lipinski definition) is 0. The van der Waals surface area contributed by atoms with Crippen molar-refractivity contribution in [2.75, 3.05) is 13.6 Å². The average molecular weight is 263 g/mol. The van der Waals surface area contributed by atoms with E-state index < -0.39 is 4.92 Å². The van der Waals surface area contributed by atoms with Crippen molar-refractivity contribution in [2.24, 2.45) is 0 Å². The van der Waals surface area contributed by atoms with Crippen molar-refractivity contribution in [3.63, 3.8) is 0 Å². The fourth-order valence-corrected chi connectivity index (χ4v) is 2.21. The van der Waals surface area contributed by atoms with E-state index in [9.17, 15) is 14.9 Å². The second-order valence-corrected chi connectivity index (χ2v) is 5.17. The highest BCUT2D eigenvalue weighted by molar-refractivity contribution is 7.17. The van der Waals surface area contributed by atoms with Crippen molar-refractivity contribution in [3.8, 4) is 0 Å². The normalized spacial score (nSPS) is 12.2. The Hall–Kier alpha value is -1.14. The summed E-state index contributed by atoms with van der Waals surface area (Å²) in [6, 6.07) is 2.79. The van der Waals surface area contributed by atoms with Crippen LogP contribution in [0.4, 0.5) is 5.00 Å². The van der Waals surface area contributed by atoms with Gasteiger partial charge in [-0.3, -0.25) is 14.9 Å². The largest absolute Gasteiger partial charge is 0.340 e. The number of thiophene rings is 1. The summed E-state index contributed by atoms with van der Waals surface area (Å²) in [5.41, 5.74) is 0. The molecule has 0 aliphatic heterocycles. The van der Waals surface area contributed by atoms with Gasteiger partial charge in [0.15, 0.2) is 0 Å². The Morgan fingerprint density at radius 2 is 2.31 bits per heavy atom. The van der Waals surface area contributed by atoms with E-state index >= 15 is 0 Å². The quantitative estimate of drug-likeness (QED) is 0.475. The zero-order valence-corrected chi connectivity index (χ0v) is 10.4. The maximum atomic E-state index is 11.8. The molecule has 16 heavy (non-hydrogen) atoms. The summed E-state index contributed by atoms with van der Waals surface area (Å²) in [6.07, 6.45) is 0. The summed E-state index contributed by atoms with van der Waals surface area (Å²) in [7, 11) is 1.62. The standard InChI is InChI=1S/C9H11ClN2O3S/c1-6(10)5-11(2)9(13)7-3-4-8(16-7)12(14)15/h3-4,6H,5H2,1-2H3. The predicted octanol–water partition coefficient (Wildman–Crippen LogP) is 2.36. The number of rotatable bonds is 4. The van der Waals surface area contributed by atoms with Gasteiger partial charge in [0.1, 0.15) is 0 Å². The van der Waals surface area contributed by atoms with Crippen LogP contribution >= 0.6 is 22.9 Å². The van der Waals surface area contributed by atoms with Crippen LogP contribution in [0.15, 0.2) is 12.1 Å². The van der Waals surface area contributed by atoms with Gasteiger partial charge in [-0.1, -0.05) is 11.3 Å². The zero-order valence-electron chi connectivity index (χ0n) is 8.84. The Labute approximate surface area is 102 Å². The molecule has 0 saturated carbocycles. The maximum Gasteiger partial charge on any atom is 0.324 e. The van der Waals surface area contributed by atoms with Crippen LogP contribution in [0.25, 0.3) is 0 Å². The SMILES string of the molecule is CC(Cl)CN(C)C(=O)c1ccc([N+](=O)[O-])s1. The van der Waals surface area contributed by atoms with E-state index in [1.807, 2.05) is 0 Å². The molecule has 0 aromatic carbocycles. The Bertz CT molecular complexity index is 405. The van der Waals surface area contributed by atoms with Crippen LogP contribution in [0.2, 0.25) is 0 Å². The van der Waals surface area contributed by atoms with Gasteiger partial charge >= 0.3 is 5.00 Å². The van der Waals surface area contributed by atoms with Gasteiger partial charge in [0.2, 0.25) is 0 Å². The zero-order chi connectivity index (χ0) is 12.3. The first-order valence-electron chi connectivity index (χ1n) is 4.55. The average Bonchev–Trinajstić information content (AvgIpc) is 2.64. The number of carbonyl (C=O) groups is 1. The Morgan fingerprint density at radius 1 is 1.69 bits per heavy atom. The van der Waals surface area contributed by atoms with E-state index in [-0.39, 0.29) is 16.3 Å². The van der Waals surface area contributed by atoms with E-state index in [1.165, 1.54) is 17.0 Å². The fourth-order valence-electron chi connectivity index (χ4n) is 1.19.